The lowest BCUT2D eigenvalue weighted by Crippen LogP contribution is -1.89. The number of halogens is 4. The first-order valence-corrected chi connectivity index (χ1v) is 5.32. The summed E-state index contributed by atoms with van der Waals surface area (Å²) in [6.45, 7) is 1.88. The molecule has 0 aliphatic carbocycles. The fourth-order valence-corrected chi connectivity index (χ4v) is 1.47. The van der Waals surface area contributed by atoms with Crippen LogP contribution in [-0.4, -0.2) is 8.42 Å². The summed E-state index contributed by atoms with van der Waals surface area (Å²) in [5.41, 5.74) is 1.01. The third-order valence-electron chi connectivity index (χ3n) is 1.30. The van der Waals surface area contributed by atoms with Crippen LogP contribution < -0.4 is 0 Å². The van der Waals surface area contributed by atoms with Crippen molar-refractivity contribution in [1.82, 2.24) is 0 Å². The van der Waals surface area contributed by atoms with E-state index in [1.807, 2.05) is 6.92 Å². The Balaban J connectivity index is -0.000000403. The van der Waals surface area contributed by atoms with E-state index in [9.17, 15) is 8.42 Å². The highest BCUT2D eigenvalue weighted by Gasteiger charge is 2.07. The summed E-state index contributed by atoms with van der Waals surface area (Å²) < 4.78 is 21.4. The molecule has 0 unspecified atom stereocenters. The Hall–Kier alpha value is 0.330. The molecule has 84 valence electrons. The Bertz CT molecular complexity index is 346. The summed E-state index contributed by atoms with van der Waals surface area (Å²) in [5.74, 6) is 0. The molecule has 0 amide bonds. The first-order valence-electron chi connectivity index (χ1n) is 3.01. The Morgan fingerprint density at radius 1 is 1.00 bits per heavy atom. The second-order valence-electron chi connectivity index (χ2n) is 2.25. The van der Waals surface area contributed by atoms with Crippen molar-refractivity contribution in [2.75, 3.05) is 0 Å². The largest absolute Gasteiger partial charge is 0.261 e. The van der Waals surface area contributed by atoms with Gasteiger partial charge in [0.2, 0.25) is 0 Å². The highest BCUT2D eigenvalue weighted by Crippen LogP contribution is 2.14. The van der Waals surface area contributed by atoms with E-state index in [0.717, 1.165) is 5.56 Å². The predicted octanol–water partition coefficient (Wildman–Crippen LogP) is 3.19. The van der Waals surface area contributed by atoms with Crippen molar-refractivity contribution in [3.63, 3.8) is 0 Å². The lowest BCUT2D eigenvalue weighted by Gasteiger charge is -1.94. The Morgan fingerprint density at radius 2 is 1.36 bits per heavy atom. The minimum Gasteiger partial charge on any atom is -0.207 e. The Labute approximate surface area is 107 Å². The molecule has 1 rings (SSSR count). The molecule has 0 fully saturated rings. The van der Waals surface area contributed by atoms with Gasteiger partial charge >= 0.3 is 0 Å². The molecule has 1 aromatic rings. The smallest absolute Gasteiger partial charge is 0.207 e. The molecular weight excluding hydrogens is 290 g/mol. The van der Waals surface area contributed by atoms with E-state index in [1.165, 1.54) is 12.1 Å². The van der Waals surface area contributed by atoms with E-state index in [0.29, 0.717) is 0 Å². The van der Waals surface area contributed by atoms with Crippen LogP contribution in [0.2, 0.25) is 0 Å². The van der Waals surface area contributed by atoms with E-state index < -0.39 is 9.05 Å². The predicted molar refractivity (Wildman–Crippen MR) is 66.0 cm³/mol. The Morgan fingerprint density at radius 3 is 1.64 bits per heavy atom. The van der Waals surface area contributed by atoms with E-state index in [4.69, 9.17) is 10.7 Å². The van der Waals surface area contributed by atoms with Crippen LogP contribution >= 0.6 is 47.9 Å². The van der Waals surface area contributed by atoms with Crippen LogP contribution in [-0.2, 0) is 9.05 Å². The van der Waals surface area contributed by atoms with Gasteiger partial charge in [-0.05, 0) is 19.1 Å². The van der Waals surface area contributed by atoms with E-state index in [2.05, 4.69) is 0 Å². The zero-order valence-corrected chi connectivity index (χ0v) is 11.2. The first kappa shape index (κ1) is 19.8. The molecule has 0 aromatic heterocycles. The molecule has 0 heterocycles. The summed E-state index contributed by atoms with van der Waals surface area (Å²) in [7, 11) is 1.54. The van der Waals surface area contributed by atoms with E-state index >= 15 is 0 Å². The Kier molecular flexibility index (Phi) is 10.8. The molecule has 0 atom stereocenters. The molecule has 0 saturated carbocycles. The van der Waals surface area contributed by atoms with Crippen molar-refractivity contribution < 1.29 is 8.42 Å². The standard InChI is InChI=1S/C7H7ClO2S.3ClH/c1-6-2-4-7(5-3-6)11(8,9)10;;;/h2-5H,1H3;3*1H. The molecule has 0 spiro atoms. The molecule has 0 radical (unpaired) electrons. The minimum absolute atomic E-state index is 0. The van der Waals surface area contributed by atoms with Crippen molar-refractivity contribution in [3.8, 4) is 0 Å². The van der Waals surface area contributed by atoms with Gasteiger partial charge in [-0.15, -0.1) is 37.2 Å². The molecule has 1 aromatic carbocycles. The number of benzene rings is 1. The van der Waals surface area contributed by atoms with Gasteiger partial charge in [0.1, 0.15) is 0 Å². The normalized spacial score (nSPS) is 9.00. The molecule has 0 aliphatic heterocycles. The van der Waals surface area contributed by atoms with Crippen molar-refractivity contribution in [2.24, 2.45) is 0 Å². The third-order valence-corrected chi connectivity index (χ3v) is 2.67. The molecule has 2 nitrogen and oxygen atoms in total. The summed E-state index contributed by atoms with van der Waals surface area (Å²) in [6.07, 6.45) is 0. The summed E-state index contributed by atoms with van der Waals surface area (Å²) in [6, 6.07) is 6.37. The van der Waals surface area contributed by atoms with Crippen LogP contribution in [0.3, 0.4) is 0 Å². The van der Waals surface area contributed by atoms with Crippen molar-refractivity contribution >= 4 is 57.0 Å². The fourth-order valence-electron chi connectivity index (χ4n) is 0.701. The SMILES string of the molecule is Cc1ccc(S(=O)(=O)Cl)cc1.Cl.Cl.Cl. The van der Waals surface area contributed by atoms with Gasteiger partial charge in [0, 0.05) is 10.7 Å². The zero-order valence-electron chi connectivity index (χ0n) is 7.14. The van der Waals surface area contributed by atoms with Crippen LogP contribution in [0.15, 0.2) is 29.2 Å². The van der Waals surface area contributed by atoms with Crippen molar-refractivity contribution in [2.45, 2.75) is 11.8 Å². The quantitative estimate of drug-likeness (QED) is 0.746. The molecular formula is C7H10Cl4O2S. The van der Waals surface area contributed by atoms with Gasteiger partial charge in [-0.3, -0.25) is 0 Å². The summed E-state index contributed by atoms with van der Waals surface area (Å²) in [4.78, 5) is 0.143. The molecule has 14 heavy (non-hydrogen) atoms. The van der Waals surface area contributed by atoms with Gasteiger partial charge in [0.25, 0.3) is 9.05 Å². The van der Waals surface area contributed by atoms with Gasteiger partial charge < -0.3 is 0 Å². The maximum atomic E-state index is 10.7. The fraction of sp³-hybridized carbons (Fsp3) is 0.143. The number of hydrogen-bond acceptors (Lipinski definition) is 2. The van der Waals surface area contributed by atoms with Crippen molar-refractivity contribution in [3.05, 3.63) is 29.8 Å². The van der Waals surface area contributed by atoms with Crippen LogP contribution in [0, 0.1) is 6.92 Å². The second kappa shape index (κ2) is 7.60. The molecule has 7 heteroatoms. The van der Waals surface area contributed by atoms with Crippen LogP contribution in [0.4, 0.5) is 0 Å². The second-order valence-corrected chi connectivity index (χ2v) is 4.82. The molecule has 0 N–H and O–H groups in total. The number of rotatable bonds is 1. The van der Waals surface area contributed by atoms with Gasteiger partial charge in [-0.2, -0.15) is 0 Å². The van der Waals surface area contributed by atoms with E-state index in [1.54, 1.807) is 12.1 Å². The highest BCUT2D eigenvalue weighted by atomic mass is 35.7. The monoisotopic (exact) mass is 298 g/mol. The van der Waals surface area contributed by atoms with Gasteiger partial charge in [-0.1, -0.05) is 17.7 Å². The van der Waals surface area contributed by atoms with Gasteiger partial charge in [0.05, 0.1) is 4.90 Å². The molecule has 0 aliphatic rings. The third kappa shape index (κ3) is 5.94. The first-order chi connectivity index (χ1) is 5.00. The zero-order chi connectivity index (χ0) is 8.48. The number of hydrogen-bond donors (Lipinski definition) is 0. The van der Waals surface area contributed by atoms with Crippen LogP contribution in [0.1, 0.15) is 5.56 Å². The van der Waals surface area contributed by atoms with Crippen molar-refractivity contribution in [1.29, 1.82) is 0 Å². The minimum atomic E-state index is -3.55. The lowest BCUT2D eigenvalue weighted by atomic mass is 10.2. The van der Waals surface area contributed by atoms with Gasteiger partial charge in [0.15, 0.2) is 0 Å². The summed E-state index contributed by atoms with van der Waals surface area (Å²) in [5, 5.41) is 0. The highest BCUT2D eigenvalue weighted by molar-refractivity contribution is 8.13. The average molecular weight is 300 g/mol. The molecule has 0 bridgehead atoms. The van der Waals surface area contributed by atoms with Crippen LogP contribution in [0.25, 0.3) is 0 Å². The maximum Gasteiger partial charge on any atom is 0.261 e. The average Bonchev–Trinajstić information content (AvgIpc) is 1.86. The number of aryl methyl sites for hydroxylation is 1. The maximum absolute atomic E-state index is 10.7. The topological polar surface area (TPSA) is 34.1 Å². The summed E-state index contributed by atoms with van der Waals surface area (Å²) >= 11 is 0. The van der Waals surface area contributed by atoms with Gasteiger partial charge in [-0.25, -0.2) is 8.42 Å². The lowest BCUT2D eigenvalue weighted by molar-refractivity contribution is 0.609. The van der Waals surface area contributed by atoms with E-state index in [-0.39, 0.29) is 42.1 Å². The van der Waals surface area contributed by atoms with Crippen LogP contribution in [0.5, 0.6) is 0 Å². The molecule has 0 saturated heterocycles.